The van der Waals surface area contributed by atoms with Crippen molar-refractivity contribution in [2.75, 3.05) is 31.7 Å². The first-order valence-electron chi connectivity index (χ1n) is 11.2. The maximum absolute atomic E-state index is 13.0. The van der Waals surface area contributed by atoms with Gasteiger partial charge in [-0.3, -0.25) is 9.59 Å². The third kappa shape index (κ3) is 7.73. The van der Waals surface area contributed by atoms with Gasteiger partial charge in [0.2, 0.25) is 6.04 Å². The number of hydrogen-bond donors (Lipinski definition) is 1. The van der Waals surface area contributed by atoms with Crippen molar-refractivity contribution in [1.29, 1.82) is 0 Å². The number of nitrogens with zero attached hydrogens (tertiary/aromatic N) is 2. The largest absolute Gasteiger partial charge is 0.494 e. The number of rotatable bonds is 13. The van der Waals surface area contributed by atoms with Crippen molar-refractivity contribution >= 4 is 46.3 Å². The molecule has 0 saturated heterocycles. The van der Waals surface area contributed by atoms with E-state index in [1.165, 1.54) is 13.0 Å². The first-order valence-corrected chi connectivity index (χ1v) is 11.9. The van der Waals surface area contributed by atoms with Crippen LogP contribution >= 0.6 is 23.2 Å². The molecule has 0 aliphatic carbocycles. The van der Waals surface area contributed by atoms with Crippen molar-refractivity contribution in [3.63, 3.8) is 0 Å². The Morgan fingerprint density at radius 2 is 1.46 bits per heavy atom. The monoisotopic (exact) mass is 525 g/mol. The molecular formula is C24H29Cl2N3O6. The van der Waals surface area contributed by atoms with Gasteiger partial charge in [-0.05, 0) is 40.7 Å². The molecule has 0 spiro atoms. The first-order chi connectivity index (χ1) is 16.7. The third-order valence-corrected chi connectivity index (χ3v) is 5.09. The summed E-state index contributed by atoms with van der Waals surface area (Å²) in [6.07, 6.45) is 0. The fourth-order valence-electron chi connectivity index (χ4n) is 2.95. The predicted octanol–water partition coefficient (Wildman–Crippen LogP) is 6.27. The Hall–Kier alpha value is -3.04. The normalized spacial score (nSPS) is 11.7. The van der Waals surface area contributed by atoms with Crippen molar-refractivity contribution < 1.29 is 28.5 Å². The van der Waals surface area contributed by atoms with Crippen LogP contribution in [0, 0.1) is 0 Å². The fraction of sp³-hybridized carbons (Fsp3) is 0.417. The third-order valence-electron chi connectivity index (χ3n) is 4.41. The van der Waals surface area contributed by atoms with Gasteiger partial charge in [0.15, 0.2) is 11.5 Å². The molecule has 0 heterocycles. The SMILES string of the molecule is CCOc1cc(NC(=O)C(N=Nc2cc(Cl)c(OCC)cc2OCC)C(C)=O)c(Cl)c(OCC)c1. The highest BCUT2D eigenvalue weighted by atomic mass is 35.5. The number of ketones is 1. The van der Waals surface area contributed by atoms with Crippen molar-refractivity contribution in [2.24, 2.45) is 10.2 Å². The van der Waals surface area contributed by atoms with E-state index in [0.29, 0.717) is 49.4 Å². The zero-order chi connectivity index (χ0) is 26.0. The molecule has 11 heteroatoms. The second kappa shape index (κ2) is 13.7. The highest BCUT2D eigenvalue weighted by Crippen LogP contribution is 2.39. The molecule has 2 aromatic carbocycles. The van der Waals surface area contributed by atoms with Gasteiger partial charge >= 0.3 is 0 Å². The average molecular weight is 526 g/mol. The van der Waals surface area contributed by atoms with Crippen molar-refractivity contribution in [1.82, 2.24) is 0 Å². The molecule has 0 fully saturated rings. The van der Waals surface area contributed by atoms with Gasteiger partial charge in [-0.2, -0.15) is 10.2 Å². The molecule has 1 amide bonds. The summed E-state index contributed by atoms with van der Waals surface area (Å²) in [5.41, 5.74) is 0.459. The molecular weight excluding hydrogens is 497 g/mol. The van der Waals surface area contributed by atoms with E-state index in [1.807, 2.05) is 13.8 Å². The Labute approximate surface area is 214 Å². The zero-order valence-electron chi connectivity index (χ0n) is 20.3. The number of nitrogens with one attached hydrogen (secondary N) is 1. The van der Waals surface area contributed by atoms with Crippen LogP contribution in [-0.2, 0) is 9.59 Å². The van der Waals surface area contributed by atoms with E-state index in [0.717, 1.165) is 0 Å². The fourth-order valence-corrected chi connectivity index (χ4v) is 3.38. The molecule has 0 radical (unpaired) electrons. The maximum Gasteiger partial charge on any atom is 0.258 e. The van der Waals surface area contributed by atoms with E-state index in [9.17, 15) is 9.59 Å². The van der Waals surface area contributed by atoms with Gasteiger partial charge in [-0.15, -0.1) is 0 Å². The summed E-state index contributed by atoms with van der Waals surface area (Å²) in [6, 6.07) is 4.79. The molecule has 0 aromatic heterocycles. The molecule has 1 atom stereocenters. The van der Waals surface area contributed by atoms with E-state index < -0.39 is 17.7 Å². The lowest BCUT2D eigenvalue weighted by atomic mass is 10.2. The number of azo groups is 1. The summed E-state index contributed by atoms with van der Waals surface area (Å²) in [7, 11) is 0. The number of halogens is 2. The number of anilines is 1. The Morgan fingerprint density at radius 1 is 0.857 bits per heavy atom. The maximum atomic E-state index is 13.0. The summed E-state index contributed by atoms with van der Waals surface area (Å²) in [5, 5.41) is 11.1. The van der Waals surface area contributed by atoms with Crippen LogP contribution in [0.5, 0.6) is 23.0 Å². The molecule has 0 saturated carbocycles. The molecule has 9 nitrogen and oxygen atoms in total. The van der Waals surface area contributed by atoms with E-state index in [2.05, 4.69) is 15.5 Å². The van der Waals surface area contributed by atoms with Crippen molar-refractivity contribution in [2.45, 2.75) is 40.7 Å². The van der Waals surface area contributed by atoms with Gasteiger partial charge in [-0.25, -0.2) is 0 Å². The molecule has 1 unspecified atom stereocenters. The number of Topliss-reactive ketones (excluding diaryl/α,β-unsaturated/α-hetero) is 1. The Kier molecular flexibility index (Phi) is 11.1. The van der Waals surface area contributed by atoms with Gasteiger partial charge in [0.05, 0.1) is 37.1 Å². The lowest BCUT2D eigenvalue weighted by Crippen LogP contribution is -2.32. The highest BCUT2D eigenvalue weighted by molar-refractivity contribution is 6.35. The summed E-state index contributed by atoms with van der Waals surface area (Å²) in [4.78, 5) is 25.2. The van der Waals surface area contributed by atoms with Gasteiger partial charge in [0, 0.05) is 18.2 Å². The van der Waals surface area contributed by atoms with Crippen LogP contribution in [0.15, 0.2) is 34.5 Å². The first kappa shape index (κ1) is 28.2. The molecule has 35 heavy (non-hydrogen) atoms. The Balaban J connectivity index is 2.37. The molecule has 0 aliphatic heterocycles. The molecule has 2 rings (SSSR count). The van der Waals surface area contributed by atoms with E-state index >= 15 is 0 Å². The van der Waals surface area contributed by atoms with E-state index in [1.54, 1.807) is 32.0 Å². The lowest BCUT2D eigenvalue weighted by Gasteiger charge is -2.16. The summed E-state index contributed by atoms with van der Waals surface area (Å²) >= 11 is 12.7. The van der Waals surface area contributed by atoms with Gasteiger partial charge < -0.3 is 24.3 Å². The van der Waals surface area contributed by atoms with Crippen LogP contribution in [0.3, 0.4) is 0 Å². The van der Waals surface area contributed by atoms with Crippen LogP contribution < -0.4 is 24.3 Å². The van der Waals surface area contributed by atoms with Crippen molar-refractivity contribution in [3.8, 4) is 23.0 Å². The quantitative estimate of drug-likeness (QED) is 0.244. The second-order valence-electron chi connectivity index (χ2n) is 6.98. The van der Waals surface area contributed by atoms with Crippen LogP contribution in [0.2, 0.25) is 10.0 Å². The van der Waals surface area contributed by atoms with Gasteiger partial charge in [0.1, 0.15) is 28.0 Å². The molecule has 2 aromatic rings. The number of ether oxygens (including phenoxy) is 4. The Bertz CT molecular complexity index is 1080. The highest BCUT2D eigenvalue weighted by Gasteiger charge is 2.25. The number of benzene rings is 2. The van der Waals surface area contributed by atoms with E-state index in [-0.39, 0.29) is 21.4 Å². The number of hydrogen-bond acceptors (Lipinski definition) is 8. The van der Waals surface area contributed by atoms with Crippen LogP contribution in [0.1, 0.15) is 34.6 Å². The predicted molar refractivity (Wildman–Crippen MR) is 135 cm³/mol. The summed E-state index contributed by atoms with van der Waals surface area (Å²) in [5.74, 6) is 0.299. The van der Waals surface area contributed by atoms with E-state index in [4.69, 9.17) is 42.1 Å². The molecule has 0 bridgehead atoms. The van der Waals surface area contributed by atoms with Gasteiger partial charge in [-0.1, -0.05) is 23.2 Å². The minimum absolute atomic E-state index is 0.167. The number of carbonyl (C=O) groups is 2. The number of carbonyl (C=O) groups excluding carboxylic acids is 2. The smallest absolute Gasteiger partial charge is 0.258 e. The lowest BCUT2D eigenvalue weighted by molar-refractivity contribution is -0.126. The van der Waals surface area contributed by atoms with Crippen LogP contribution in [0.4, 0.5) is 11.4 Å². The zero-order valence-corrected chi connectivity index (χ0v) is 21.8. The summed E-state index contributed by atoms with van der Waals surface area (Å²) < 4.78 is 22.1. The molecule has 190 valence electrons. The minimum Gasteiger partial charge on any atom is -0.494 e. The second-order valence-corrected chi connectivity index (χ2v) is 7.77. The molecule has 0 aliphatic rings. The van der Waals surface area contributed by atoms with Crippen LogP contribution in [0.25, 0.3) is 0 Å². The number of amides is 1. The van der Waals surface area contributed by atoms with Crippen LogP contribution in [-0.4, -0.2) is 44.2 Å². The van der Waals surface area contributed by atoms with Gasteiger partial charge in [0.25, 0.3) is 5.91 Å². The standard InChI is InChI=1S/C24H29Cl2N3O6/c1-6-32-15-10-18(22(26)21(11-15)35-9-4)27-24(31)23(14(5)30)29-28-17-12-16(25)19(33-7-2)13-20(17)34-8-3/h10-13,23H,6-9H2,1-5H3,(H,27,31). The van der Waals surface area contributed by atoms with Crippen molar-refractivity contribution in [3.05, 3.63) is 34.3 Å². The Morgan fingerprint density at radius 3 is 2.06 bits per heavy atom. The molecule has 1 N–H and O–H groups in total. The minimum atomic E-state index is -1.45. The summed E-state index contributed by atoms with van der Waals surface area (Å²) in [6.45, 7) is 10.0. The topological polar surface area (TPSA) is 108 Å². The average Bonchev–Trinajstić information content (AvgIpc) is 2.80.